The number of halogens is 1. The average Bonchev–Trinajstić information content (AvgIpc) is 3.37. The van der Waals surface area contributed by atoms with E-state index in [9.17, 15) is 14.4 Å². The second-order valence-corrected chi connectivity index (χ2v) is 8.32. The zero-order chi connectivity index (χ0) is 19.4. The lowest BCUT2D eigenvalue weighted by Gasteiger charge is -2.17. The van der Waals surface area contributed by atoms with Crippen LogP contribution in [0.25, 0.3) is 0 Å². The summed E-state index contributed by atoms with van der Waals surface area (Å²) in [6.45, 7) is 0. The lowest BCUT2D eigenvalue weighted by atomic mass is 9.85. The van der Waals surface area contributed by atoms with Crippen molar-refractivity contribution < 1.29 is 19.1 Å². The molecule has 3 aliphatic rings. The first-order valence-electron chi connectivity index (χ1n) is 9.17. The molecule has 0 spiro atoms. The standard InChI is InChI=1S/C22H16BrNO4/c23-15-5-3-12(4-6-15)22(27)28-17-9-7-16(8-10-17)24-20(25)18-13-1-2-14(11-13)19(18)21(24)26/h1-10,13-14,18-19H,11H2/t13-,14+,18+,19-. The largest absolute Gasteiger partial charge is 0.423 e. The number of hydrogen-bond acceptors (Lipinski definition) is 4. The van der Waals surface area contributed by atoms with E-state index in [0.717, 1.165) is 10.9 Å². The smallest absolute Gasteiger partial charge is 0.343 e. The van der Waals surface area contributed by atoms with Crippen molar-refractivity contribution in [2.75, 3.05) is 4.90 Å². The summed E-state index contributed by atoms with van der Waals surface area (Å²) in [5.74, 6) is -0.429. The number of hydrogen-bond donors (Lipinski definition) is 0. The molecule has 5 nitrogen and oxygen atoms in total. The summed E-state index contributed by atoms with van der Waals surface area (Å²) in [5.41, 5.74) is 0.959. The maximum atomic E-state index is 12.8. The molecule has 1 heterocycles. The van der Waals surface area contributed by atoms with Crippen LogP contribution in [0, 0.1) is 23.7 Å². The van der Waals surface area contributed by atoms with Crippen molar-refractivity contribution in [3.8, 4) is 5.75 Å². The number of imide groups is 1. The summed E-state index contributed by atoms with van der Waals surface area (Å²) in [7, 11) is 0. The SMILES string of the molecule is O=C(Oc1ccc(N2C(=O)[C@@H]3[C@H](C2=O)[C@H]2C=C[C@@H]3C2)cc1)c1ccc(Br)cc1. The van der Waals surface area contributed by atoms with E-state index in [4.69, 9.17) is 4.74 Å². The van der Waals surface area contributed by atoms with Crippen LogP contribution >= 0.6 is 15.9 Å². The number of fused-ring (bicyclic) bond motifs is 5. The number of nitrogens with zero attached hydrogens (tertiary/aromatic N) is 1. The van der Waals surface area contributed by atoms with Gasteiger partial charge in [-0.25, -0.2) is 4.79 Å². The lowest BCUT2D eigenvalue weighted by Crippen LogP contribution is -2.32. The zero-order valence-electron chi connectivity index (χ0n) is 14.7. The van der Waals surface area contributed by atoms with Crippen LogP contribution in [0.2, 0.25) is 0 Å². The van der Waals surface area contributed by atoms with Crippen LogP contribution in [0.4, 0.5) is 5.69 Å². The minimum atomic E-state index is -0.467. The quantitative estimate of drug-likeness (QED) is 0.315. The second kappa shape index (κ2) is 6.41. The van der Waals surface area contributed by atoms with E-state index in [0.29, 0.717) is 17.0 Å². The van der Waals surface area contributed by atoms with Crippen LogP contribution in [-0.2, 0) is 9.59 Å². The summed E-state index contributed by atoms with van der Waals surface area (Å²) in [6.07, 6.45) is 5.06. The Bertz CT molecular complexity index is 982. The van der Waals surface area contributed by atoms with E-state index in [1.54, 1.807) is 48.5 Å². The molecule has 1 saturated carbocycles. The molecule has 0 radical (unpaired) electrons. The molecule has 2 bridgehead atoms. The van der Waals surface area contributed by atoms with Gasteiger partial charge < -0.3 is 4.74 Å². The summed E-state index contributed by atoms with van der Waals surface area (Å²) in [6, 6.07) is 13.4. The van der Waals surface area contributed by atoms with E-state index >= 15 is 0 Å². The molecule has 1 saturated heterocycles. The first-order chi connectivity index (χ1) is 13.5. The van der Waals surface area contributed by atoms with Gasteiger partial charge in [0.15, 0.2) is 0 Å². The van der Waals surface area contributed by atoms with Crippen molar-refractivity contribution in [3.63, 3.8) is 0 Å². The van der Waals surface area contributed by atoms with Crippen LogP contribution in [0.1, 0.15) is 16.8 Å². The van der Waals surface area contributed by atoms with E-state index in [1.807, 2.05) is 0 Å². The Balaban J connectivity index is 1.33. The van der Waals surface area contributed by atoms with Crippen molar-refractivity contribution in [2.24, 2.45) is 23.7 Å². The highest BCUT2D eigenvalue weighted by Crippen LogP contribution is 2.53. The molecule has 2 aromatic rings. The fourth-order valence-electron chi connectivity index (χ4n) is 4.57. The van der Waals surface area contributed by atoms with Crippen molar-refractivity contribution in [1.82, 2.24) is 0 Å². The predicted octanol–water partition coefficient (Wildman–Crippen LogP) is 3.98. The van der Waals surface area contributed by atoms with Crippen LogP contribution in [0.15, 0.2) is 65.2 Å². The molecule has 0 aromatic heterocycles. The van der Waals surface area contributed by atoms with Gasteiger partial charge in [-0.05, 0) is 66.8 Å². The monoisotopic (exact) mass is 437 g/mol. The minimum absolute atomic E-state index is 0.119. The topological polar surface area (TPSA) is 63.7 Å². The molecule has 6 heteroatoms. The molecule has 28 heavy (non-hydrogen) atoms. The Labute approximate surface area is 170 Å². The Morgan fingerprint density at radius 2 is 1.46 bits per heavy atom. The molecule has 140 valence electrons. The number of carbonyl (C=O) groups excluding carboxylic acids is 3. The molecule has 0 N–H and O–H groups in total. The molecule has 4 atom stereocenters. The maximum absolute atomic E-state index is 12.8. The molecular weight excluding hydrogens is 422 g/mol. The number of amides is 2. The molecule has 2 fully saturated rings. The number of anilines is 1. The van der Waals surface area contributed by atoms with Gasteiger partial charge in [0.2, 0.25) is 11.8 Å². The summed E-state index contributed by atoms with van der Waals surface area (Å²) in [5, 5.41) is 0. The Morgan fingerprint density at radius 1 is 0.893 bits per heavy atom. The van der Waals surface area contributed by atoms with E-state index in [1.165, 1.54) is 4.90 Å². The van der Waals surface area contributed by atoms with Gasteiger partial charge in [0.25, 0.3) is 0 Å². The van der Waals surface area contributed by atoms with Gasteiger partial charge in [-0.2, -0.15) is 0 Å². The molecule has 2 aromatic carbocycles. The van der Waals surface area contributed by atoms with Crippen LogP contribution in [0.3, 0.4) is 0 Å². The van der Waals surface area contributed by atoms with Gasteiger partial charge in [0, 0.05) is 4.47 Å². The number of benzene rings is 2. The van der Waals surface area contributed by atoms with Crippen LogP contribution in [0.5, 0.6) is 5.75 Å². The summed E-state index contributed by atoms with van der Waals surface area (Å²) >= 11 is 3.32. The predicted molar refractivity (Wildman–Crippen MR) is 106 cm³/mol. The third kappa shape index (κ3) is 2.63. The normalized spacial score (nSPS) is 27.4. The highest BCUT2D eigenvalue weighted by atomic mass is 79.9. The van der Waals surface area contributed by atoms with Gasteiger partial charge in [-0.3, -0.25) is 14.5 Å². The van der Waals surface area contributed by atoms with Crippen LogP contribution < -0.4 is 9.64 Å². The van der Waals surface area contributed by atoms with Gasteiger partial charge in [0.05, 0.1) is 23.1 Å². The van der Waals surface area contributed by atoms with E-state index in [2.05, 4.69) is 28.1 Å². The van der Waals surface area contributed by atoms with Crippen molar-refractivity contribution in [2.45, 2.75) is 6.42 Å². The number of rotatable bonds is 3. The lowest BCUT2D eigenvalue weighted by molar-refractivity contribution is -0.123. The van der Waals surface area contributed by atoms with Crippen molar-refractivity contribution in [3.05, 3.63) is 70.7 Å². The summed E-state index contributed by atoms with van der Waals surface area (Å²) in [4.78, 5) is 39.2. The molecule has 0 unspecified atom stereocenters. The fraction of sp³-hybridized carbons (Fsp3) is 0.227. The number of carbonyl (C=O) groups is 3. The van der Waals surface area contributed by atoms with Crippen molar-refractivity contribution in [1.29, 1.82) is 0 Å². The molecular formula is C22H16BrNO4. The molecule has 1 aliphatic heterocycles. The maximum Gasteiger partial charge on any atom is 0.343 e. The Hall–Kier alpha value is -2.73. The van der Waals surface area contributed by atoms with Gasteiger partial charge in [0.1, 0.15) is 5.75 Å². The minimum Gasteiger partial charge on any atom is -0.423 e. The third-order valence-electron chi connectivity index (χ3n) is 5.86. The summed E-state index contributed by atoms with van der Waals surface area (Å²) < 4.78 is 6.25. The van der Waals surface area contributed by atoms with Gasteiger partial charge >= 0.3 is 5.97 Å². The second-order valence-electron chi connectivity index (χ2n) is 7.40. The average molecular weight is 438 g/mol. The van der Waals surface area contributed by atoms with Crippen LogP contribution in [-0.4, -0.2) is 17.8 Å². The number of allylic oxidation sites excluding steroid dienone is 2. The first kappa shape index (κ1) is 17.4. The third-order valence-corrected chi connectivity index (χ3v) is 6.38. The highest BCUT2D eigenvalue weighted by molar-refractivity contribution is 9.10. The molecule has 2 aliphatic carbocycles. The Morgan fingerprint density at radius 3 is 2.04 bits per heavy atom. The fourth-order valence-corrected chi connectivity index (χ4v) is 4.84. The number of esters is 1. The first-order valence-corrected chi connectivity index (χ1v) is 9.96. The molecule has 2 amide bonds. The zero-order valence-corrected chi connectivity index (χ0v) is 16.3. The van der Waals surface area contributed by atoms with Gasteiger partial charge in [-0.1, -0.05) is 28.1 Å². The van der Waals surface area contributed by atoms with E-state index in [-0.39, 0.29) is 35.5 Å². The van der Waals surface area contributed by atoms with Gasteiger partial charge in [-0.15, -0.1) is 0 Å². The Kier molecular flexibility index (Phi) is 3.98. The number of ether oxygens (including phenoxy) is 1. The van der Waals surface area contributed by atoms with Crippen molar-refractivity contribution >= 4 is 39.4 Å². The van der Waals surface area contributed by atoms with E-state index < -0.39 is 5.97 Å². The highest BCUT2D eigenvalue weighted by Gasteiger charge is 2.59. The molecule has 5 rings (SSSR count).